The summed E-state index contributed by atoms with van der Waals surface area (Å²) in [4.78, 5) is 2.65. The molecular formula is C84H63BN2O. The van der Waals surface area contributed by atoms with Crippen LogP contribution in [0.3, 0.4) is 0 Å². The summed E-state index contributed by atoms with van der Waals surface area (Å²) in [5, 5.41) is 12.4. The summed E-state index contributed by atoms with van der Waals surface area (Å²) in [6.45, 7) is 13.8. The molecule has 0 bridgehead atoms. The number of rotatable bonds is 6. The van der Waals surface area contributed by atoms with Crippen LogP contribution in [0.2, 0.25) is 0 Å². The van der Waals surface area contributed by atoms with Crippen molar-refractivity contribution in [3.63, 3.8) is 0 Å². The van der Waals surface area contributed by atoms with Crippen molar-refractivity contribution in [2.45, 2.75) is 52.4 Å². The monoisotopic (exact) mass is 1130 g/mol. The molecule has 88 heavy (non-hydrogen) atoms. The van der Waals surface area contributed by atoms with Gasteiger partial charge in [-0.3, -0.25) is 0 Å². The fourth-order valence-corrected chi connectivity index (χ4v) is 14.9. The van der Waals surface area contributed by atoms with Crippen molar-refractivity contribution in [1.29, 1.82) is 0 Å². The lowest BCUT2D eigenvalue weighted by Crippen LogP contribution is -2.59. The molecule has 0 saturated carbocycles. The molecule has 2 aliphatic heterocycles. The molecule has 1 aromatic heterocycles. The van der Waals surface area contributed by atoms with E-state index in [4.69, 9.17) is 4.74 Å². The second-order valence-electron chi connectivity index (χ2n) is 26.3. The molecule has 14 aromatic carbocycles. The number of ether oxygens (including phenoxy) is 1. The van der Waals surface area contributed by atoms with Crippen molar-refractivity contribution >= 4 is 105 Å². The summed E-state index contributed by atoms with van der Waals surface area (Å²) in [7, 11) is 0. The zero-order valence-corrected chi connectivity index (χ0v) is 50.4. The average Bonchev–Trinajstić information content (AvgIpc) is 0.826. The molecule has 0 spiro atoms. The fraction of sp³-hybridized carbons (Fsp3) is 0.0952. The number of hydrogen-bond donors (Lipinski definition) is 0. The number of benzene rings is 14. The molecule has 0 unspecified atom stereocenters. The topological polar surface area (TPSA) is 17.4 Å². The van der Waals surface area contributed by atoms with Crippen molar-refractivity contribution < 1.29 is 4.74 Å². The highest BCUT2D eigenvalue weighted by Gasteiger charge is 2.44. The van der Waals surface area contributed by atoms with Crippen molar-refractivity contribution in [2.24, 2.45) is 0 Å². The first-order chi connectivity index (χ1) is 42.9. The van der Waals surface area contributed by atoms with Gasteiger partial charge in [-0.05, 0) is 169 Å². The maximum absolute atomic E-state index is 7.56. The molecule has 4 heteroatoms. The van der Waals surface area contributed by atoms with Gasteiger partial charge < -0.3 is 14.2 Å². The molecule has 2 aliphatic rings. The zero-order valence-electron chi connectivity index (χ0n) is 50.4. The molecule has 0 amide bonds. The van der Waals surface area contributed by atoms with Crippen LogP contribution in [0.1, 0.15) is 52.7 Å². The van der Waals surface area contributed by atoms with Crippen molar-refractivity contribution in [1.82, 2.24) is 4.57 Å². The Morgan fingerprint density at radius 1 is 0.330 bits per heavy atom. The minimum atomic E-state index is -0.236. The van der Waals surface area contributed by atoms with E-state index in [9.17, 15) is 0 Å². The van der Waals surface area contributed by atoms with Gasteiger partial charge in [-0.2, -0.15) is 0 Å². The predicted octanol–water partition coefficient (Wildman–Crippen LogP) is 21.1. The number of nitrogens with zero attached hydrogens (tertiary/aromatic N) is 2. The second kappa shape index (κ2) is 19.6. The molecule has 17 rings (SSSR count). The standard InChI is InChI=1S/C84H63BN2O/c1-83(2,3)56-47-68(52-25-9-7-10-26-52)82(69(48-56)53-27-11-8-12-28-53)87-75-46-55(79-64-35-17-19-37-66(64)80(67-38-20-18-36-65(67)79)70-45-54-29-13-14-30-59(54)60-31-15-16-32-61(60)70)41-43-71(75)85-72-44-42-58(86-73-39-23-21-33-62(73)63-34-22-24-40-74(63)86)51-77(72)88-78-50-57(84(4,5)6)49-76(87)81(78)85/h7-51H,1-6H3. The Hall–Kier alpha value is -10.4. The Kier molecular flexibility index (Phi) is 11.5. The smallest absolute Gasteiger partial charge is 0.256 e. The number of hydrogen-bond acceptors (Lipinski definition) is 2. The van der Waals surface area contributed by atoms with Crippen LogP contribution in [0, 0.1) is 0 Å². The average molecular weight is 1130 g/mol. The maximum Gasteiger partial charge on any atom is 0.256 e. The third-order valence-electron chi connectivity index (χ3n) is 19.1. The van der Waals surface area contributed by atoms with Crippen LogP contribution < -0.4 is 26.0 Å². The summed E-state index contributed by atoms with van der Waals surface area (Å²) in [6.07, 6.45) is 0. The summed E-state index contributed by atoms with van der Waals surface area (Å²) < 4.78 is 9.97. The van der Waals surface area contributed by atoms with Gasteiger partial charge in [-0.1, -0.05) is 254 Å². The highest BCUT2D eigenvalue weighted by atomic mass is 16.5. The number of aromatic nitrogens is 1. The maximum atomic E-state index is 7.56. The van der Waals surface area contributed by atoms with E-state index in [1.165, 1.54) is 115 Å². The molecule has 3 nitrogen and oxygen atoms in total. The second-order valence-corrected chi connectivity index (χ2v) is 26.3. The van der Waals surface area contributed by atoms with E-state index >= 15 is 0 Å². The van der Waals surface area contributed by atoms with Crippen LogP contribution in [0.5, 0.6) is 11.5 Å². The van der Waals surface area contributed by atoms with Crippen LogP contribution in [-0.2, 0) is 10.8 Å². The number of anilines is 3. The van der Waals surface area contributed by atoms with Crippen LogP contribution in [-0.4, -0.2) is 11.3 Å². The van der Waals surface area contributed by atoms with E-state index in [0.717, 1.165) is 56.4 Å². The molecule has 0 atom stereocenters. The summed E-state index contributed by atoms with van der Waals surface area (Å²) in [6, 6.07) is 102. The van der Waals surface area contributed by atoms with Gasteiger partial charge in [0.1, 0.15) is 11.5 Å². The van der Waals surface area contributed by atoms with E-state index in [-0.39, 0.29) is 17.5 Å². The zero-order chi connectivity index (χ0) is 59.2. The molecular weight excluding hydrogens is 1060 g/mol. The first-order valence-electron chi connectivity index (χ1n) is 31.0. The van der Waals surface area contributed by atoms with Gasteiger partial charge in [0.05, 0.1) is 16.7 Å². The molecule has 0 aliphatic carbocycles. The Morgan fingerprint density at radius 3 is 1.41 bits per heavy atom. The highest BCUT2D eigenvalue weighted by molar-refractivity contribution is 6.99. The fourth-order valence-electron chi connectivity index (χ4n) is 14.9. The van der Waals surface area contributed by atoms with E-state index < -0.39 is 0 Å². The van der Waals surface area contributed by atoms with Crippen molar-refractivity contribution in [3.05, 3.63) is 284 Å². The minimum Gasteiger partial charge on any atom is -0.458 e. The summed E-state index contributed by atoms with van der Waals surface area (Å²) >= 11 is 0. The number of para-hydroxylation sites is 2. The van der Waals surface area contributed by atoms with E-state index in [1.807, 2.05) is 0 Å². The lowest BCUT2D eigenvalue weighted by atomic mass is 9.34. The van der Waals surface area contributed by atoms with Gasteiger partial charge in [-0.15, -0.1) is 0 Å². The lowest BCUT2D eigenvalue weighted by Gasteiger charge is -2.43. The Bertz CT molecular complexity index is 5220. The third-order valence-corrected chi connectivity index (χ3v) is 19.1. The van der Waals surface area contributed by atoms with E-state index in [0.29, 0.717) is 0 Å². The van der Waals surface area contributed by atoms with E-state index in [1.54, 1.807) is 0 Å². The molecule has 0 N–H and O–H groups in total. The van der Waals surface area contributed by atoms with Gasteiger partial charge >= 0.3 is 0 Å². The minimum absolute atomic E-state index is 0.155. The SMILES string of the molecule is CC(C)(C)c1cc(-c2ccccc2)c(N2c3cc(-c4c5ccccc5c(-c5cc6ccccc6c6ccccc56)c5ccccc45)ccc3B3c4ccc(-n5c6ccccc6c6ccccc65)cc4Oc4cc(C(C)(C)C)cc2c43)c(-c2ccccc2)c1. The summed E-state index contributed by atoms with van der Waals surface area (Å²) in [5.74, 6) is 1.76. The molecule has 0 saturated heterocycles. The normalized spacial score (nSPS) is 12.9. The molecule has 3 heterocycles. The lowest BCUT2D eigenvalue weighted by molar-refractivity contribution is 0.483. The van der Waals surface area contributed by atoms with Crippen LogP contribution in [0.25, 0.3) is 115 Å². The Balaban J connectivity index is 0.985. The first-order valence-corrected chi connectivity index (χ1v) is 31.0. The van der Waals surface area contributed by atoms with Gasteiger partial charge in [0.25, 0.3) is 6.71 Å². The molecule has 418 valence electrons. The van der Waals surface area contributed by atoms with Crippen molar-refractivity contribution in [2.75, 3.05) is 4.90 Å². The van der Waals surface area contributed by atoms with Gasteiger partial charge in [0.15, 0.2) is 0 Å². The van der Waals surface area contributed by atoms with Crippen LogP contribution in [0.4, 0.5) is 17.1 Å². The summed E-state index contributed by atoms with van der Waals surface area (Å²) in [5.41, 5.74) is 22.0. The quantitative estimate of drug-likeness (QED) is 0.0938. The Morgan fingerprint density at radius 2 is 0.818 bits per heavy atom. The van der Waals surface area contributed by atoms with Crippen molar-refractivity contribution in [3.8, 4) is 61.7 Å². The Labute approximate surface area is 514 Å². The molecule has 15 aromatic rings. The highest BCUT2D eigenvalue weighted by Crippen LogP contribution is 2.53. The van der Waals surface area contributed by atoms with Gasteiger partial charge in [0.2, 0.25) is 0 Å². The third kappa shape index (κ3) is 7.98. The molecule has 0 radical (unpaired) electrons. The van der Waals surface area contributed by atoms with Gasteiger partial charge in [0, 0.05) is 45.0 Å². The largest absolute Gasteiger partial charge is 0.458 e. The first kappa shape index (κ1) is 52.0. The van der Waals surface area contributed by atoms with Crippen LogP contribution in [0.15, 0.2) is 273 Å². The van der Waals surface area contributed by atoms with Crippen LogP contribution >= 0.6 is 0 Å². The molecule has 0 fully saturated rings. The van der Waals surface area contributed by atoms with Gasteiger partial charge in [-0.25, -0.2) is 0 Å². The number of fused-ring (bicyclic) bond motifs is 12. The van der Waals surface area contributed by atoms with E-state index in [2.05, 4.69) is 324 Å². The predicted molar refractivity (Wildman–Crippen MR) is 376 cm³/mol.